The first kappa shape index (κ1) is 23.3. The molecule has 2 aromatic carbocycles. The van der Waals surface area contributed by atoms with Gasteiger partial charge in [0.15, 0.2) is 0 Å². The summed E-state index contributed by atoms with van der Waals surface area (Å²) in [6, 6.07) is 18.4. The molecule has 0 radical (unpaired) electrons. The molecule has 2 unspecified atom stereocenters. The molecule has 7 nitrogen and oxygen atoms in total. The number of nitrogens with zero attached hydrogens (tertiary/aromatic N) is 2. The number of fused-ring (bicyclic) bond motifs is 2. The molecule has 6 rings (SSSR count). The van der Waals surface area contributed by atoms with E-state index in [4.69, 9.17) is 9.47 Å². The molecule has 2 aliphatic heterocycles. The number of aromatic nitrogens is 2. The summed E-state index contributed by atoms with van der Waals surface area (Å²) in [5.41, 5.74) is 7.51. The molecule has 1 saturated heterocycles. The van der Waals surface area contributed by atoms with Crippen LogP contribution in [0, 0.1) is 6.92 Å². The molecular formula is C30H30N4O3. The number of aryl methyl sites for hydroxylation is 1. The zero-order chi connectivity index (χ0) is 25.4. The molecule has 0 aliphatic carbocycles. The third-order valence-electron chi connectivity index (χ3n) is 7.10. The SMILES string of the molecule is Cc1cncc(C(C)Nc2ccc3c(c2)Cc2cccc(C4CN(c5cc[nH]c(=O)c5)CCO4)c2O3)c1. The fourth-order valence-corrected chi connectivity index (χ4v) is 5.19. The summed E-state index contributed by atoms with van der Waals surface area (Å²) < 4.78 is 12.7. The van der Waals surface area contributed by atoms with E-state index in [2.05, 4.69) is 70.4 Å². The van der Waals surface area contributed by atoms with Gasteiger partial charge in [0.25, 0.3) is 0 Å². The van der Waals surface area contributed by atoms with Crippen LogP contribution in [0.15, 0.2) is 78.0 Å². The van der Waals surface area contributed by atoms with E-state index in [-0.39, 0.29) is 17.7 Å². The summed E-state index contributed by atoms with van der Waals surface area (Å²) in [5.74, 6) is 1.75. The minimum atomic E-state index is -0.144. The zero-order valence-corrected chi connectivity index (χ0v) is 21.0. The first-order valence-electron chi connectivity index (χ1n) is 12.7. The molecule has 2 atom stereocenters. The second kappa shape index (κ2) is 9.75. The largest absolute Gasteiger partial charge is 0.456 e. The van der Waals surface area contributed by atoms with Crippen LogP contribution in [0.5, 0.6) is 11.5 Å². The summed E-state index contributed by atoms with van der Waals surface area (Å²) in [7, 11) is 0. The Morgan fingerprint density at radius 3 is 2.89 bits per heavy atom. The molecule has 0 spiro atoms. The van der Waals surface area contributed by atoms with Crippen LogP contribution in [-0.4, -0.2) is 29.7 Å². The van der Waals surface area contributed by atoms with Crippen molar-refractivity contribution in [3.8, 4) is 11.5 Å². The van der Waals surface area contributed by atoms with Crippen LogP contribution in [0.2, 0.25) is 0 Å². The van der Waals surface area contributed by atoms with Crippen molar-refractivity contribution in [2.45, 2.75) is 32.4 Å². The molecule has 0 saturated carbocycles. The van der Waals surface area contributed by atoms with Crippen LogP contribution >= 0.6 is 0 Å². The Kier molecular flexibility index (Phi) is 6.14. The fourth-order valence-electron chi connectivity index (χ4n) is 5.19. The van der Waals surface area contributed by atoms with E-state index in [1.165, 1.54) is 0 Å². The number of hydrogen-bond acceptors (Lipinski definition) is 6. The summed E-state index contributed by atoms with van der Waals surface area (Å²) in [5, 5.41) is 3.60. The molecule has 2 aliphatic rings. The molecule has 1 fully saturated rings. The average Bonchev–Trinajstić information content (AvgIpc) is 2.91. The lowest BCUT2D eigenvalue weighted by molar-refractivity contribution is 0.0384. The van der Waals surface area contributed by atoms with Crippen molar-refractivity contribution in [1.82, 2.24) is 9.97 Å². The monoisotopic (exact) mass is 494 g/mol. The molecule has 2 aromatic heterocycles. The molecule has 2 N–H and O–H groups in total. The van der Waals surface area contributed by atoms with Gasteiger partial charge in [0.05, 0.1) is 12.6 Å². The Labute approximate surface area is 216 Å². The molecule has 7 heteroatoms. The Hall–Kier alpha value is -4.10. The minimum Gasteiger partial charge on any atom is -0.456 e. The Morgan fingerprint density at radius 2 is 2.03 bits per heavy atom. The molecular weight excluding hydrogens is 464 g/mol. The van der Waals surface area contributed by atoms with Gasteiger partial charge in [-0.3, -0.25) is 9.78 Å². The number of pyridine rings is 2. The maximum atomic E-state index is 11.8. The van der Waals surface area contributed by atoms with Gasteiger partial charge in [-0.1, -0.05) is 24.3 Å². The van der Waals surface area contributed by atoms with E-state index in [1.807, 2.05) is 24.5 Å². The van der Waals surface area contributed by atoms with Crippen LogP contribution in [0.4, 0.5) is 11.4 Å². The number of nitrogens with one attached hydrogen (secondary N) is 2. The van der Waals surface area contributed by atoms with Crippen molar-refractivity contribution in [3.05, 3.63) is 111 Å². The van der Waals surface area contributed by atoms with E-state index < -0.39 is 0 Å². The highest BCUT2D eigenvalue weighted by molar-refractivity contribution is 5.59. The number of morpholine rings is 1. The topological polar surface area (TPSA) is 79.5 Å². The van der Waals surface area contributed by atoms with Gasteiger partial charge in [-0.2, -0.15) is 0 Å². The Balaban J connectivity index is 1.22. The predicted octanol–water partition coefficient (Wildman–Crippen LogP) is 5.53. The first-order chi connectivity index (χ1) is 18.0. The third kappa shape index (κ3) is 4.82. The lowest BCUT2D eigenvalue weighted by Gasteiger charge is -2.36. The zero-order valence-electron chi connectivity index (χ0n) is 21.0. The van der Waals surface area contributed by atoms with Crippen LogP contribution in [0.25, 0.3) is 0 Å². The summed E-state index contributed by atoms with van der Waals surface area (Å²) in [4.78, 5) is 21.0. The van der Waals surface area contributed by atoms with Gasteiger partial charge in [-0.25, -0.2) is 0 Å². The highest BCUT2D eigenvalue weighted by atomic mass is 16.5. The van der Waals surface area contributed by atoms with Crippen molar-refractivity contribution in [3.63, 3.8) is 0 Å². The standard InChI is InChI=1S/C30H30N4O3/c1-19-12-23(17-31-16-19)20(2)33-24-6-7-27-22(14-24)13-21-4-3-5-26(30(21)37-27)28-18-34(10-11-36-28)25-8-9-32-29(35)15-25/h3-9,12,14-17,20,28,33H,10-11,13,18H2,1-2H3,(H,32,35). The van der Waals surface area contributed by atoms with Gasteiger partial charge in [-0.15, -0.1) is 0 Å². The predicted molar refractivity (Wildman–Crippen MR) is 145 cm³/mol. The maximum absolute atomic E-state index is 11.8. The highest BCUT2D eigenvalue weighted by Crippen LogP contribution is 2.43. The van der Waals surface area contributed by atoms with Crippen molar-refractivity contribution in [2.75, 3.05) is 29.9 Å². The smallest absolute Gasteiger partial charge is 0.249 e. The van der Waals surface area contributed by atoms with E-state index in [0.29, 0.717) is 13.2 Å². The molecule has 0 amide bonds. The lowest BCUT2D eigenvalue weighted by Crippen LogP contribution is -2.39. The number of para-hydroxylation sites is 1. The second-order valence-electron chi connectivity index (χ2n) is 9.82. The van der Waals surface area contributed by atoms with Crippen molar-refractivity contribution in [2.24, 2.45) is 0 Å². The van der Waals surface area contributed by atoms with Crippen molar-refractivity contribution < 1.29 is 9.47 Å². The minimum absolute atomic E-state index is 0.101. The first-order valence-corrected chi connectivity index (χ1v) is 12.7. The van der Waals surface area contributed by atoms with Gasteiger partial charge in [0.2, 0.25) is 5.56 Å². The maximum Gasteiger partial charge on any atom is 0.249 e. The van der Waals surface area contributed by atoms with E-state index in [0.717, 1.165) is 63.7 Å². The van der Waals surface area contributed by atoms with Crippen LogP contribution in [0.1, 0.15) is 46.9 Å². The van der Waals surface area contributed by atoms with Crippen molar-refractivity contribution in [1.29, 1.82) is 0 Å². The van der Waals surface area contributed by atoms with E-state index >= 15 is 0 Å². The van der Waals surface area contributed by atoms with Gasteiger partial charge in [0, 0.05) is 66.7 Å². The molecule has 0 bridgehead atoms. The normalized spacial score (nSPS) is 17.4. The van der Waals surface area contributed by atoms with E-state index in [9.17, 15) is 4.79 Å². The lowest BCUT2D eigenvalue weighted by atomic mass is 9.95. The van der Waals surface area contributed by atoms with Gasteiger partial charge < -0.3 is 24.7 Å². The number of ether oxygens (including phenoxy) is 2. The van der Waals surface area contributed by atoms with Crippen LogP contribution in [-0.2, 0) is 11.2 Å². The molecule has 4 aromatic rings. The molecule has 37 heavy (non-hydrogen) atoms. The van der Waals surface area contributed by atoms with E-state index in [1.54, 1.807) is 12.3 Å². The number of anilines is 2. The van der Waals surface area contributed by atoms with Gasteiger partial charge in [0.1, 0.15) is 17.6 Å². The summed E-state index contributed by atoms with van der Waals surface area (Å²) in [6.45, 7) is 6.19. The summed E-state index contributed by atoms with van der Waals surface area (Å²) in [6.07, 6.45) is 6.12. The number of benzene rings is 2. The Morgan fingerprint density at radius 1 is 1.11 bits per heavy atom. The number of rotatable bonds is 5. The van der Waals surface area contributed by atoms with Gasteiger partial charge in [-0.05, 0) is 54.8 Å². The highest BCUT2D eigenvalue weighted by Gasteiger charge is 2.29. The fraction of sp³-hybridized carbons (Fsp3) is 0.267. The third-order valence-corrected chi connectivity index (χ3v) is 7.10. The number of hydrogen-bond donors (Lipinski definition) is 2. The Bertz CT molecular complexity index is 1500. The van der Waals surface area contributed by atoms with Gasteiger partial charge >= 0.3 is 0 Å². The van der Waals surface area contributed by atoms with Crippen molar-refractivity contribution >= 4 is 11.4 Å². The average molecular weight is 495 g/mol. The van der Waals surface area contributed by atoms with Crippen LogP contribution in [0.3, 0.4) is 0 Å². The number of H-pyrrole nitrogens is 1. The van der Waals surface area contributed by atoms with Crippen LogP contribution < -0.4 is 20.5 Å². The second-order valence-corrected chi connectivity index (χ2v) is 9.82. The molecule has 4 heterocycles. The quantitative estimate of drug-likeness (QED) is 0.335. The number of aromatic amines is 1. The summed E-state index contributed by atoms with van der Waals surface area (Å²) >= 11 is 0. The molecule has 188 valence electrons.